The molecule has 4 nitrogen and oxygen atoms in total. The molecule has 0 aliphatic carbocycles. The number of hydrogen-bond donors (Lipinski definition) is 2. The van der Waals surface area contributed by atoms with Crippen LogP contribution in [0.3, 0.4) is 0 Å². The summed E-state index contributed by atoms with van der Waals surface area (Å²) in [6.07, 6.45) is 0.825. The van der Waals surface area contributed by atoms with Crippen LogP contribution in [0.1, 0.15) is 26.3 Å². The first kappa shape index (κ1) is 17.0. The fraction of sp³-hybridized carbons (Fsp3) is 0.533. The molecule has 5 heteroatoms. The first-order chi connectivity index (χ1) is 9.43. The van der Waals surface area contributed by atoms with Crippen molar-refractivity contribution in [2.24, 2.45) is 11.7 Å². The fourth-order valence-electron chi connectivity index (χ4n) is 1.59. The molecule has 0 radical (unpaired) electrons. The van der Waals surface area contributed by atoms with Crippen LogP contribution in [-0.4, -0.2) is 25.1 Å². The monoisotopic (exact) mass is 342 g/mol. The highest BCUT2D eigenvalue weighted by Crippen LogP contribution is 2.26. The Morgan fingerprint density at radius 3 is 2.65 bits per heavy atom. The molecule has 1 aromatic carbocycles. The lowest BCUT2D eigenvalue weighted by Crippen LogP contribution is -2.38. The average Bonchev–Trinajstić information content (AvgIpc) is 2.38. The summed E-state index contributed by atoms with van der Waals surface area (Å²) in [6, 6.07) is 5.92. The molecule has 1 atom stereocenters. The van der Waals surface area contributed by atoms with Crippen molar-refractivity contribution in [2.75, 3.05) is 13.2 Å². The minimum atomic E-state index is -0.107. The Bertz CT molecular complexity index is 449. The van der Waals surface area contributed by atoms with Gasteiger partial charge in [-0.3, -0.25) is 4.79 Å². The van der Waals surface area contributed by atoms with Gasteiger partial charge < -0.3 is 15.8 Å². The van der Waals surface area contributed by atoms with Crippen LogP contribution in [-0.2, 0) is 11.2 Å². The maximum Gasteiger partial charge on any atom is 0.258 e. The third kappa shape index (κ3) is 5.51. The Balaban J connectivity index is 2.51. The quantitative estimate of drug-likeness (QED) is 0.800. The molecule has 0 aliphatic rings. The molecule has 0 saturated carbocycles. The highest BCUT2D eigenvalue weighted by atomic mass is 79.9. The highest BCUT2D eigenvalue weighted by molar-refractivity contribution is 9.10. The number of carbonyl (C=O) groups excluding carboxylic acids is 1. The van der Waals surface area contributed by atoms with Crippen LogP contribution in [0.25, 0.3) is 0 Å². The van der Waals surface area contributed by atoms with E-state index in [0.717, 1.165) is 16.5 Å². The second kappa shape index (κ2) is 8.27. The number of nitrogens with two attached hydrogens (primary N) is 1. The predicted molar refractivity (Wildman–Crippen MR) is 84.8 cm³/mol. The molecule has 1 aromatic rings. The summed E-state index contributed by atoms with van der Waals surface area (Å²) in [5.74, 6) is 0.962. The van der Waals surface area contributed by atoms with E-state index < -0.39 is 0 Å². The second-order valence-corrected chi connectivity index (χ2v) is 6.05. The Hall–Kier alpha value is -1.07. The first-order valence-electron chi connectivity index (χ1n) is 6.84. The Labute approximate surface area is 129 Å². The van der Waals surface area contributed by atoms with Gasteiger partial charge in [0.2, 0.25) is 0 Å². The zero-order chi connectivity index (χ0) is 15.1. The normalized spacial score (nSPS) is 12.3. The van der Waals surface area contributed by atoms with Gasteiger partial charge in [-0.05, 0) is 59.4 Å². The van der Waals surface area contributed by atoms with E-state index in [1.54, 1.807) is 0 Å². The van der Waals surface area contributed by atoms with E-state index in [4.69, 9.17) is 10.5 Å². The number of halogens is 1. The topological polar surface area (TPSA) is 64.3 Å². The third-order valence-corrected chi connectivity index (χ3v) is 3.80. The maximum absolute atomic E-state index is 11.7. The number of ether oxygens (including phenoxy) is 1. The Morgan fingerprint density at radius 1 is 1.40 bits per heavy atom. The number of amides is 1. The van der Waals surface area contributed by atoms with Crippen molar-refractivity contribution in [2.45, 2.75) is 33.2 Å². The second-order valence-electron chi connectivity index (χ2n) is 5.19. The lowest BCUT2D eigenvalue weighted by Gasteiger charge is -2.17. The molecule has 0 fully saturated rings. The first-order valence-corrected chi connectivity index (χ1v) is 7.64. The zero-order valence-electron chi connectivity index (χ0n) is 12.3. The van der Waals surface area contributed by atoms with Gasteiger partial charge >= 0.3 is 0 Å². The van der Waals surface area contributed by atoms with Gasteiger partial charge in [-0.2, -0.15) is 0 Å². The predicted octanol–water partition coefficient (Wildman–Crippen LogP) is 2.49. The van der Waals surface area contributed by atoms with Gasteiger partial charge in [0.05, 0.1) is 4.47 Å². The van der Waals surface area contributed by atoms with E-state index in [1.807, 2.05) is 25.1 Å². The Kier molecular flexibility index (Phi) is 7.02. The molecular weight excluding hydrogens is 320 g/mol. The summed E-state index contributed by atoms with van der Waals surface area (Å²) in [5, 5.41) is 2.90. The average molecular weight is 343 g/mol. The van der Waals surface area contributed by atoms with Crippen molar-refractivity contribution in [3.63, 3.8) is 0 Å². The summed E-state index contributed by atoms with van der Waals surface area (Å²) in [7, 11) is 0. The van der Waals surface area contributed by atoms with Gasteiger partial charge in [0, 0.05) is 6.04 Å². The number of carbonyl (C=O) groups is 1. The van der Waals surface area contributed by atoms with Crippen molar-refractivity contribution >= 4 is 21.8 Å². The summed E-state index contributed by atoms with van der Waals surface area (Å²) in [5.41, 5.74) is 6.66. The minimum Gasteiger partial charge on any atom is -0.483 e. The number of rotatable bonds is 7. The van der Waals surface area contributed by atoms with Crippen LogP contribution >= 0.6 is 15.9 Å². The number of hydrogen-bond acceptors (Lipinski definition) is 3. The van der Waals surface area contributed by atoms with Crippen LogP contribution < -0.4 is 15.8 Å². The largest absolute Gasteiger partial charge is 0.483 e. The molecular formula is C15H23BrN2O2. The lowest BCUT2D eigenvalue weighted by atomic mass is 10.1. The molecule has 0 saturated heterocycles. The molecule has 1 unspecified atom stereocenters. The van der Waals surface area contributed by atoms with Crippen LogP contribution in [0.15, 0.2) is 22.7 Å². The third-order valence-electron chi connectivity index (χ3n) is 3.18. The maximum atomic E-state index is 11.7. The van der Waals surface area contributed by atoms with Gasteiger partial charge in [-0.1, -0.05) is 19.9 Å². The van der Waals surface area contributed by atoms with Crippen molar-refractivity contribution in [1.29, 1.82) is 0 Å². The fourth-order valence-corrected chi connectivity index (χ4v) is 2.13. The van der Waals surface area contributed by atoms with Gasteiger partial charge in [0.25, 0.3) is 5.91 Å². The van der Waals surface area contributed by atoms with Crippen LogP contribution in [0.5, 0.6) is 5.75 Å². The highest BCUT2D eigenvalue weighted by Gasteiger charge is 2.12. The van der Waals surface area contributed by atoms with E-state index in [-0.39, 0.29) is 18.6 Å². The van der Waals surface area contributed by atoms with Crippen LogP contribution in [0.4, 0.5) is 0 Å². The molecule has 0 bridgehead atoms. The van der Waals surface area contributed by atoms with Crippen molar-refractivity contribution in [3.05, 3.63) is 28.2 Å². The zero-order valence-corrected chi connectivity index (χ0v) is 13.9. The number of nitrogens with one attached hydrogen (secondary N) is 1. The molecule has 20 heavy (non-hydrogen) atoms. The summed E-state index contributed by atoms with van der Waals surface area (Å²) in [6.45, 7) is 6.76. The molecule has 0 aliphatic heterocycles. The van der Waals surface area contributed by atoms with Gasteiger partial charge in [-0.15, -0.1) is 0 Å². The molecule has 1 amide bonds. The summed E-state index contributed by atoms with van der Waals surface area (Å²) in [4.78, 5) is 11.7. The molecule has 112 valence electrons. The van der Waals surface area contributed by atoms with Crippen LogP contribution in [0.2, 0.25) is 0 Å². The Morgan fingerprint density at radius 2 is 2.10 bits per heavy atom. The molecule has 0 heterocycles. The van der Waals surface area contributed by atoms with E-state index in [9.17, 15) is 4.79 Å². The molecule has 0 aromatic heterocycles. The minimum absolute atomic E-state index is 0.0197. The van der Waals surface area contributed by atoms with Gasteiger partial charge in [-0.25, -0.2) is 0 Å². The lowest BCUT2D eigenvalue weighted by molar-refractivity contribution is -0.124. The summed E-state index contributed by atoms with van der Waals surface area (Å²) < 4.78 is 6.36. The SMILES string of the molecule is CC(C)C(C)NC(=O)COc1ccc(CCN)cc1Br. The van der Waals surface area contributed by atoms with E-state index >= 15 is 0 Å². The van der Waals surface area contributed by atoms with E-state index in [0.29, 0.717) is 18.2 Å². The molecule has 1 rings (SSSR count). The van der Waals surface area contributed by atoms with Gasteiger partial charge in [0.1, 0.15) is 5.75 Å². The van der Waals surface area contributed by atoms with Crippen molar-refractivity contribution in [1.82, 2.24) is 5.32 Å². The smallest absolute Gasteiger partial charge is 0.258 e. The molecule has 0 spiro atoms. The van der Waals surface area contributed by atoms with Crippen LogP contribution in [0, 0.1) is 5.92 Å². The van der Waals surface area contributed by atoms with Crippen molar-refractivity contribution < 1.29 is 9.53 Å². The summed E-state index contributed by atoms with van der Waals surface area (Å²) >= 11 is 3.44. The number of benzene rings is 1. The van der Waals surface area contributed by atoms with Crippen molar-refractivity contribution in [3.8, 4) is 5.75 Å². The van der Waals surface area contributed by atoms with Gasteiger partial charge in [0.15, 0.2) is 6.61 Å². The van der Waals surface area contributed by atoms with E-state index in [2.05, 4.69) is 35.1 Å². The van der Waals surface area contributed by atoms with E-state index in [1.165, 1.54) is 0 Å². The molecule has 3 N–H and O–H groups in total. The standard InChI is InChI=1S/C15H23BrN2O2/c1-10(2)11(3)18-15(19)9-20-14-5-4-12(6-7-17)8-13(14)16/h4-5,8,10-11H,6-7,9,17H2,1-3H3,(H,18,19).